The number of anilines is 1. The highest BCUT2D eigenvalue weighted by Crippen LogP contribution is 2.18. The van der Waals surface area contributed by atoms with Gasteiger partial charge in [0.1, 0.15) is 5.82 Å². The van der Waals surface area contributed by atoms with Crippen molar-refractivity contribution in [3.8, 4) is 0 Å². The highest BCUT2D eigenvalue weighted by Gasteiger charge is 2.18. The van der Waals surface area contributed by atoms with Gasteiger partial charge in [0, 0.05) is 23.3 Å². The van der Waals surface area contributed by atoms with E-state index in [1.54, 1.807) is 19.3 Å². The molecular formula is C11H16BrN3O. The Morgan fingerprint density at radius 2 is 2.06 bits per heavy atom. The van der Waals surface area contributed by atoms with E-state index in [2.05, 4.69) is 31.5 Å². The van der Waals surface area contributed by atoms with E-state index >= 15 is 0 Å². The summed E-state index contributed by atoms with van der Waals surface area (Å²) in [6.45, 7) is 5.82. The van der Waals surface area contributed by atoms with Crippen molar-refractivity contribution in [1.29, 1.82) is 0 Å². The van der Waals surface area contributed by atoms with Crippen LogP contribution >= 0.6 is 15.9 Å². The molecular weight excluding hydrogens is 270 g/mol. The van der Waals surface area contributed by atoms with Gasteiger partial charge in [-0.15, -0.1) is 0 Å². The Morgan fingerprint density at radius 1 is 1.44 bits per heavy atom. The van der Waals surface area contributed by atoms with Gasteiger partial charge in [0.25, 0.3) is 5.91 Å². The second-order valence-electron chi connectivity index (χ2n) is 4.50. The van der Waals surface area contributed by atoms with E-state index in [4.69, 9.17) is 0 Å². The quantitative estimate of drug-likeness (QED) is 0.878. The monoisotopic (exact) mass is 285 g/mol. The van der Waals surface area contributed by atoms with Gasteiger partial charge < -0.3 is 10.6 Å². The third kappa shape index (κ3) is 3.48. The summed E-state index contributed by atoms with van der Waals surface area (Å²) in [5.74, 6) is 0.440. The molecule has 0 spiro atoms. The number of aromatic nitrogens is 1. The summed E-state index contributed by atoms with van der Waals surface area (Å²) >= 11 is 3.30. The third-order valence-corrected chi connectivity index (χ3v) is 2.26. The molecule has 0 aliphatic carbocycles. The normalized spacial score (nSPS) is 11.1. The van der Waals surface area contributed by atoms with Crippen molar-refractivity contribution in [1.82, 2.24) is 10.3 Å². The number of pyridine rings is 1. The first-order valence-electron chi connectivity index (χ1n) is 4.99. The summed E-state index contributed by atoms with van der Waals surface area (Å²) in [6.07, 6.45) is 1.65. The van der Waals surface area contributed by atoms with Crippen LogP contribution in [0.2, 0.25) is 0 Å². The van der Waals surface area contributed by atoms with Gasteiger partial charge in [0.2, 0.25) is 0 Å². The van der Waals surface area contributed by atoms with Crippen molar-refractivity contribution in [2.45, 2.75) is 26.3 Å². The lowest BCUT2D eigenvalue weighted by molar-refractivity contribution is 0.0920. The highest BCUT2D eigenvalue weighted by atomic mass is 79.9. The van der Waals surface area contributed by atoms with Crippen LogP contribution < -0.4 is 10.6 Å². The Hall–Kier alpha value is -1.10. The van der Waals surface area contributed by atoms with Gasteiger partial charge in [-0.25, -0.2) is 4.98 Å². The summed E-state index contributed by atoms with van der Waals surface area (Å²) < 4.78 is 0.783. The fourth-order valence-corrected chi connectivity index (χ4v) is 1.55. The lowest BCUT2D eigenvalue weighted by Gasteiger charge is -2.21. The van der Waals surface area contributed by atoms with E-state index in [1.165, 1.54) is 0 Å². The fraction of sp³-hybridized carbons (Fsp3) is 0.455. The van der Waals surface area contributed by atoms with Crippen LogP contribution in [0.1, 0.15) is 31.1 Å². The maximum Gasteiger partial charge on any atom is 0.255 e. The van der Waals surface area contributed by atoms with Crippen LogP contribution in [0.4, 0.5) is 5.82 Å². The molecule has 2 N–H and O–H groups in total. The Labute approximate surface area is 104 Å². The van der Waals surface area contributed by atoms with Gasteiger partial charge in [-0.3, -0.25) is 4.79 Å². The van der Waals surface area contributed by atoms with Gasteiger partial charge in [0.05, 0.1) is 5.56 Å². The molecule has 0 atom stereocenters. The summed E-state index contributed by atoms with van der Waals surface area (Å²) in [5.41, 5.74) is 0.275. The molecule has 1 rings (SSSR count). The number of carbonyl (C=O) groups is 1. The number of halogens is 1. The Balaban J connectivity index is 3.02. The average Bonchev–Trinajstić information content (AvgIpc) is 2.15. The predicted molar refractivity (Wildman–Crippen MR) is 68.7 cm³/mol. The summed E-state index contributed by atoms with van der Waals surface area (Å²) in [6, 6.07) is 1.75. The van der Waals surface area contributed by atoms with Crippen molar-refractivity contribution in [2.75, 3.05) is 12.4 Å². The van der Waals surface area contributed by atoms with Crippen LogP contribution in [-0.2, 0) is 0 Å². The van der Waals surface area contributed by atoms with E-state index < -0.39 is 0 Å². The van der Waals surface area contributed by atoms with E-state index in [-0.39, 0.29) is 11.4 Å². The van der Waals surface area contributed by atoms with E-state index in [1.807, 2.05) is 20.8 Å². The largest absolute Gasteiger partial charge is 0.372 e. The Morgan fingerprint density at radius 3 is 2.56 bits per heavy atom. The van der Waals surface area contributed by atoms with Crippen molar-refractivity contribution >= 4 is 27.7 Å². The molecule has 0 radical (unpaired) electrons. The zero-order chi connectivity index (χ0) is 12.3. The van der Waals surface area contributed by atoms with Gasteiger partial charge >= 0.3 is 0 Å². The summed E-state index contributed by atoms with van der Waals surface area (Å²) in [7, 11) is 1.74. The molecule has 0 unspecified atom stereocenters. The molecule has 0 aromatic carbocycles. The fourth-order valence-electron chi connectivity index (χ4n) is 1.22. The first-order valence-corrected chi connectivity index (χ1v) is 5.78. The third-order valence-electron chi connectivity index (χ3n) is 1.82. The minimum absolute atomic E-state index is 0.134. The van der Waals surface area contributed by atoms with Crippen LogP contribution in [0, 0.1) is 0 Å². The van der Waals surface area contributed by atoms with Crippen LogP contribution in [0.15, 0.2) is 16.7 Å². The second kappa shape index (κ2) is 4.82. The molecule has 4 nitrogen and oxygen atoms in total. The molecule has 0 aliphatic rings. The van der Waals surface area contributed by atoms with E-state index in [0.717, 1.165) is 4.47 Å². The van der Waals surface area contributed by atoms with Crippen LogP contribution in [0.5, 0.6) is 0 Å². The first-order chi connectivity index (χ1) is 7.33. The smallest absolute Gasteiger partial charge is 0.255 e. The van der Waals surface area contributed by atoms with Crippen molar-refractivity contribution in [2.24, 2.45) is 0 Å². The van der Waals surface area contributed by atoms with Gasteiger partial charge in [-0.05, 0) is 42.8 Å². The number of nitrogens with one attached hydrogen (secondary N) is 2. The maximum atomic E-state index is 12.0. The molecule has 5 heteroatoms. The predicted octanol–water partition coefficient (Wildman–Crippen LogP) is 2.41. The molecule has 0 bridgehead atoms. The van der Waals surface area contributed by atoms with Crippen molar-refractivity contribution in [3.05, 3.63) is 22.3 Å². The molecule has 16 heavy (non-hydrogen) atoms. The number of hydrogen-bond donors (Lipinski definition) is 2. The molecule has 0 saturated heterocycles. The number of hydrogen-bond acceptors (Lipinski definition) is 3. The van der Waals surface area contributed by atoms with Crippen LogP contribution in [0.3, 0.4) is 0 Å². The zero-order valence-corrected chi connectivity index (χ0v) is 11.5. The molecule has 0 fully saturated rings. The SMILES string of the molecule is CNc1ncc(Br)cc1C(=O)NC(C)(C)C. The standard InChI is InChI=1S/C11H16BrN3O/c1-11(2,3)15-10(16)8-5-7(12)6-14-9(8)13-4/h5-6H,1-4H3,(H,13,14)(H,15,16). The molecule has 88 valence electrons. The van der Waals surface area contributed by atoms with Crippen molar-refractivity contribution in [3.63, 3.8) is 0 Å². The van der Waals surface area contributed by atoms with Crippen LogP contribution in [-0.4, -0.2) is 23.5 Å². The first kappa shape index (κ1) is 13.0. The van der Waals surface area contributed by atoms with Gasteiger partial charge in [0.15, 0.2) is 0 Å². The number of amides is 1. The number of rotatable bonds is 2. The molecule has 1 amide bonds. The van der Waals surface area contributed by atoms with E-state index in [9.17, 15) is 4.79 Å². The maximum absolute atomic E-state index is 12.0. The molecule has 1 aromatic rings. The molecule has 0 aliphatic heterocycles. The van der Waals surface area contributed by atoms with Crippen molar-refractivity contribution < 1.29 is 4.79 Å². The molecule has 0 saturated carbocycles. The van der Waals surface area contributed by atoms with E-state index in [0.29, 0.717) is 11.4 Å². The summed E-state index contributed by atoms with van der Waals surface area (Å²) in [4.78, 5) is 16.1. The van der Waals surface area contributed by atoms with Gasteiger partial charge in [-0.1, -0.05) is 0 Å². The topological polar surface area (TPSA) is 54.0 Å². The number of nitrogens with zero attached hydrogens (tertiary/aromatic N) is 1. The summed E-state index contributed by atoms with van der Waals surface area (Å²) in [5, 5.41) is 5.79. The highest BCUT2D eigenvalue weighted by molar-refractivity contribution is 9.10. The van der Waals surface area contributed by atoms with Gasteiger partial charge in [-0.2, -0.15) is 0 Å². The molecule has 1 aromatic heterocycles. The zero-order valence-electron chi connectivity index (χ0n) is 9.89. The lowest BCUT2D eigenvalue weighted by Crippen LogP contribution is -2.40. The average molecular weight is 286 g/mol. The molecule has 1 heterocycles. The lowest BCUT2D eigenvalue weighted by atomic mass is 10.1. The Bertz CT molecular complexity index is 399. The Kier molecular flexibility index (Phi) is 3.91. The minimum Gasteiger partial charge on any atom is -0.372 e. The minimum atomic E-state index is -0.260. The van der Waals surface area contributed by atoms with Crippen LogP contribution in [0.25, 0.3) is 0 Å². The number of carbonyl (C=O) groups excluding carboxylic acids is 1. The second-order valence-corrected chi connectivity index (χ2v) is 5.42.